The second-order valence-corrected chi connectivity index (χ2v) is 5.02. The van der Waals surface area contributed by atoms with Gasteiger partial charge in [0.1, 0.15) is 0 Å². The van der Waals surface area contributed by atoms with Crippen molar-refractivity contribution in [3.8, 4) is 0 Å². The number of hydrogen-bond donors (Lipinski definition) is 2. The fourth-order valence-corrected chi connectivity index (χ4v) is 2.48. The number of nitrogens with one attached hydrogen (secondary N) is 1. The Kier molecular flexibility index (Phi) is 9.77. The predicted octanol–water partition coefficient (Wildman–Crippen LogP) is 0.442. The average Bonchev–Trinajstić information content (AvgIpc) is 2.34. The first-order chi connectivity index (χ1) is 8.56. The van der Waals surface area contributed by atoms with Crippen LogP contribution in [0.2, 0.25) is 0 Å². The summed E-state index contributed by atoms with van der Waals surface area (Å²) in [7, 11) is 0. The lowest BCUT2D eigenvalue weighted by molar-refractivity contribution is -0.128. The first-order valence-electron chi connectivity index (χ1n) is 6.44. The smallest absolute Gasteiger partial charge is 0.235 e. The highest BCUT2D eigenvalue weighted by Gasteiger charge is 2.16. The van der Waals surface area contributed by atoms with Gasteiger partial charge < -0.3 is 16.0 Å². The lowest BCUT2D eigenvalue weighted by Crippen LogP contribution is -2.43. The summed E-state index contributed by atoms with van der Waals surface area (Å²) in [6.45, 7) is 8.16. The number of amides is 2. The van der Waals surface area contributed by atoms with Crippen LogP contribution in [-0.4, -0.2) is 53.9 Å². The number of carbonyl (C=O) groups is 2. The van der Waals surface area contributed by atoms with Crippen molar-refractivity contribution in [3.63, 3.8) is 0 Å². The van der Waals surface area contributed by atoms with E-state index >= 15 is 0 Å². The summed E-state index contributed by atoms with van der Waals surface area (Å²) in [5.41, 5.74) is 5.30. The summed E-state index contributed by atoms with van der Waals surface area (Å²) in [5, 5.41) is 3.08. The molecule has 0 aromatic carbocycles. The molecule has 0 saturated heterocycles. The molecule has 0 fully saturated rings. The number of rotatable bonds is 10. The molecule has 0 rings (SSSR count). The molecule has 5 nitrogen and oxygen atoms in total. The Bertz CT molecular complexity index is 258. The normalized spacial score (nSPS) is 12.2. The highest BCUT2D eigenvalue weighted by atomic mass is 32.2. The second-order valence-electron chi connectivity index (χ2n) is 3.99. The van der Waals surface area contributed by atoms with Gasteiger partial charge in [0.15, 0.2) is 0 Å². The van der Waals surface area contributed by atoms with E-state index in [0.29, 0.717) is 11.5 Å². The molecule has 1 unspecified atom stereocenters. The van der Waals surface area contributed by atoms with Crippen LogP contribution in [0.15, 0.2) is 0 Å². The number of nitrogens with two attached hydrogens (primary N) is 1. The highest BCUT2D eigenvalue weighted by molar-refractivity contribution is 8.00. The van der Waals surface area contributed by atoms with Crippen molar-refractivity contribution in [1.82, 2.24) is 10.2 Å². The highest BCUT2D eigenvalue weighted by Crippen LogP contribution is 2.05. The van der Waals surface area contributed by atoms with Crippen LogP contribution in [0.25, 0.3) is 0 Å². The number of thioether (sulfide) groups is 1. The third-order valence-electron chi connectivity index (χ3n) is 2.61. The minimum Gasteiger partial charge on any atom is -0.368 e. The van der Waals surface area contributed by atoms with Gasteiger partial charge in [-0.25, -0.2) is 0 Å². The van der Waals surface area contributed by atoms with E-state index in [1.54, 1.807) is 4.90 Å². The van der Waals surface area contributed by atoms with E-state index < -0.39 is 0 Å². The van der Waals surface area contributed by atoms with Crippen LogP contribution in [0.5, 0.6) is 0 Å². The van der Waals surface area contributed by atoms with Gasteiger partial charge >= 0.3 is 0 Å². The third kappa shape index (κ3) is 6.86. The van der Waals surface area contributed by atoms with Crippen LogP contribution in [-0.2, 0) is 9.59 Å². The van der Waals surface area contributed by atoms with Gasteiger partial charge in [-0.2, -0.15) is 0 Å². The van der Waals surface area contributed by atoms with Gasteiger partial charge in [0.25, 0.3) is 0 Å². The molecule has 2 amide bonds. The second kappa shape index (κ2) is 10.2. The van der Waals surface area contributed by atoms with Gasteiger partial charge in [-0.1, -0.05) is 6.92 Å². The molecular formula is C12H25N3O2S. The van der Waals surface area contributed by atoms with Gasteiger partial charge in [0.2, 0.25) is 11.8 Å². The molecule has 0 aliphatic rings. The van der Waals surface area contributed by atoms with Crippen molar-refractivity contribution >= 4 is 23.6 Å². The minimum absolute atomic E-state index is 0.115. The first kappa shape index (κ1) is 17.2. The zero-order valence-electron chi connectivity index (χ0n) is 11.6. The van der Waals surface area contributed by atoms with Crippen molar-refractivity contribution in [2.24, 2.45) is 5.73 Å². The molecule has 6 heteroatoms. The van der Waals surface area contributed by atoms with Crippen molar-refractivity contribution in [1.29, 1.82) is 0 Å². The van der Waals surface area contributed by atoms with E-state index in [2.05, 4.69) is 5.32 Å². The summed E-state index contributed by atoms with van der Waals surface area (Å²) in [5.74, 6) is 0.705. The van der Waals surface area contributed by atoms with Crippen molar-refractivity contribution < 1.29 is 9.59 Å². The molecule has 0 aromatic heterocycles. The third-order valence-corrected chi connectivity index (χ3v) is 3.63. The van der Waals surface area contributed by atoms with Gasteiger partial charge in [-0.3, -0.25) is 9.59 Å². The molecule has 1 atom stereocenters. The maximum Gasteiger partial charge on any atom is 0.235 e. The zero-order chi connectivity index (χ0) is 14.0. The van der Waals surface area contributed by atoms with E-state index in [9.17, 15) is 9.59 Å². The van der Waals surface area contributed by atoms with Gasteiger partial charge in [-0.05, 0) is 26.8 Å². The Balaban J connectivity index is 3.98. The summed E-state index contributed by atoms with van der Waals surface area (Å²) >= 11 is 1.45. The lowest BCUT2D eigenvalue weighted by atomic mass is 10.3. The van der Waals surface area contributed by atoms with E-state index in [1.165, 1.54) is 11.8 Å². The largest absolute Gasteiger partial charge is 0.368 e. The molecule has 0 bridgehead atoms. The molecule has 0 aliphatic heterocycles. The topological polar surface area (TPSA) is 75.4 Å². The minimum atomic E-state index is -0.355. The van der Waals surface area contributed by atoms with Gasteiger partial charge in [0, 0.05) is 18.8 Å². The zero-order valence-corrected chi connectivity index (χ0v) is 12.4. The molecule has 3 N–H and O–H groups in total. The monoisotopic (exact) mass is 275 g/mol. The van der Waals surface area contributed by atoms with Crippen LogP contribution in [0.1, 0.15) is 27.2 Å². The van der Waals surface area contributed by atoms with Gasteiger partial charge in [-0.15, -0.1) is 11.8 Å². The number of nitrogens with zero attached hydrogens (tertiary/aromatic N) is 1. The Morgan fingerprint density at radius 2 is 1.89 bits per heavy atom. The standard InChI is InChI=1S/C12H25N3O2S/c1-4-7-14-10(12(13)17)8-18-9-11(16)15(5-2)6-3/h10,14H,4-9H2,1-3H3,(H2,13,17). The molecule has 0 aliphatic carbocycles. The molecule has 106 valence electrons. The number of hydrogen-bond acceptors (Lipinski definition) is 4. The van der Waals surface area contributed by atoms with Crippen LogP contribution in [0, 0.1) is 0 Å². The Morgan fingerprint density at radius 1 is 1.28 bits per heavy atom. The van der Waals surface area contributed by atoms with Gasteiger partial charge in [0.05, 0.1) is 11.8 Å². The number of primary amides is 1. The predicted molar refractivity (Wildman–Crippen MR) is 76.5 cm³/mol. The van der Waals surface area contributed by atoms with Crippen molar-refractivity contribution in [2.75, 3.05) is 31.1 Å². The maximum absolute atomic E-state index is 11.7. The maximum atomic E-state index is 11.7. The summed E-state index contributed by atoms with van der Waals surface area (Å²) in [4.78, 5) is 24.7. The Morgan fingerprint density at radius 3 is 2.33 bits per heavy atom. The SMILES string of the molecule is CCCNC(CSCC(=O)N(CC)CC)C(N)=O. The molecule has 0 aromatic rings. The quantitative estimate of drug-likeness (QED) is 0.607. The van der Waals surface area contributed by atoms with Crippen LogP contribution < -0.4 is 11.1 Å². The fraction of sp³-hybridized carbons (Fsp3) is 0.833. The fourth-order valence-electron chi connectivity index (χ4n) is 1.49. The molecule has 0 heterocycles. The van der Waals surface area contributed by atoms with Crippen LogP contribution in [0.4, 0.5) is 0 Å². The Hall–Kier alpha value is -0.750. The van der Waals surface area contributed by atoms with Crippen molar-refractivity contribution in [3.05, 3.63) is 0 Å². The summed E-state index contributed by atoms with van der Waals surface area (Å²) in [6.07, 6.45) is 0.951. The summed E-state index contributed by atoms with van der Waals surface area (Å²) < 4.78 is 0. The van der Waals surface area contributed by atoms with E-state index in [4.69, 9.17) is 5.73 Å². The molecular weight excluding hydrogens is 250 g/mol. The first-order valence-corrected chi connectivity index (χ1v) is 7.60. The van der Waals surface area contributed by atoms with Crippen LogP contribution in [0.3, 0.4) is 0 Å². The van der Waals surface area contributed by atoms with E-state index in [1.807, 2.05) is 20.8 Å². The molecule has 0 saturated carbocycles. The van der Waals surface area contributed by atoms with Crippen LogP contribution >= 0.6 is 11.8 Å². The van der Waals surface area contributed by atoms with E-state index in [-0.39, 0.29) is 17.9 Å². The van der Waals surface area contributed by atoms with E-state index in [0.717, 1.165) is 26.1 Å². The molecule has 18 heavy (non-hydrogen) atoms. The summed E-state index contributed by atoms with van der Waals surface area (Å²) in [6, 6.07) is -0.348. The average molecular weight is 275 g/mol. The molecule has 0 spiro atoms. The lowest BCUT2D eigenvalue weighted by Gasteiger charge is -2.19. The van der Waals surface area contributed by atoms with Crippen molar-refractivity contribution in [2.45, 2.75) is 33.2 Å². The number of carbonyl (C=O) groups excluding carboxylic acids is 2. The molecule has 0 radical (unpaired) electrons. The Labute approximate surface area is 114 Å².